The van der Waals surface area contributed by atoms with Crippen LogP contribution in [0.4, 0.5) is 18.3 Å². The van der Waals surface area contributed by atoms with Gasteiger partial charge in [0.1, 0.15) is 0 Å². The molecule has 0 unspecified atom stereocenters. The Morgan fingerprint density at radius 1 is 1.24 bits per heavy atom. The van der Waals surface area contributed by atoms with Crippen molar-refractivity contribution < 1.29 is 22.8 Å². The van der Waals surface area contributed by atoms with Crippen molar-refractivity contribution in [2.24, 2.45) is 0 Å². The third kappa shape index (κ3) is 5.08. The number of rotatable bonds is 6. The molecule has 1 aliphatic rings. The van der Waals surface area contributed by atoms with Crippen LogP contribution in [0.2, 0.25) is 0 Å². The number of anilines is 1. The van der Waals surface area contributed by atoms with Crippen LogP contribution < -0.4 is 10.2 Å². The van der Waals surface area contributed by atoms with Crippen LogP contribution in [0.15, 0.2) is 29.6 Å². The molecule has 1 N–H and O–H groups in total. The normalized spacial score (nSPS) is 14.2. The summed E-state index contributed by atoms with van der Waals surface area (Å²) >= 11 is 1.27. The fourth-order valence-corrected chi connectivity index (χ4v) is 4.64. The smallest absolute Gasteiger partial charge is 0.352 e. The van der Waals surface area contributed by atoms with Crippen molar-refractivity contribution in [3.8, 4) is 5.69 Å². The van der Waals surface area contributed by atoms with Crippen LogP contribution in [0.5, 0.6) is 0 Å². The molecule has 1 aliphatic heterocycles. The maximum atomic E-state index is 13.7. The topological polar surface area (TPSA) is 80.1 Å². The lowest BCUT2D eigenvalue weighted by molar-refractivity contribution is -0.138. The van der Waals surface area contributed by atoms with Gasteiger partial charge >= 0.3 is 6.18 Å². The van der Waals surface area contributed by atoms with Crippen LogP contribution in [0.25, 0.3) is 5.69 Å². The molecule has 0 atom stereocenters. The number of hydrogen-bond acceptors (Lipinski definition) is 5. The average molecular weight is 478 g/mol. The molecule has 2 amide bonds. The molecule has 0 aliphatic carbocycles. The highest BCUT2D eigenvalue weighted by molar-refractivity contribution is 7.14. The van der Waals surface area contributed by atoms with Crippen LogP contribution in [-0.4, -0.2) is 33.1 Å². The SMILES string of the molecule is Cc1cc(C)n(-c2ccc(CNC(=O)Cc3csc(N4CCCC4=O)n3)c(C(F)(F)F)c2)n1. The van der Waals surface area contributed by atoms with Gasteiger partial charge in [-0.05, 0) is 44.0 Å². The van der Waals surface area contributed by atoms with E-state index in [9.17, 15) is 22.8 Å². The van der Waals surface area contributed by atoms with Crippen LogP contribution >= 0.6 is 11.3 Å². The fraction of sp³-hybridized carbons (Fsp3) is 0.364. The Hall–Kier alpha value is -3.21. The van der Waals surface area contributed by atoms with Gasteiger partial charge in [-0.25, -0.2) is 9.67 Å². The number of carbonyl (C=O) groups is 2. The van der Waals surface area contributed by atoms with Crippen molar-refractivity contribution in [1.29, 1.82) is 0 Å². The lowest BCUT2D eigenvalue weighted by Gasteiger charge is -2.16. The summed E-state index contributed by atoms with van der Waals surface area (Å²) in [6.45, 7) is 3.87. The van der Waals surface area contributed by atoms with Crippen molar-refractivity contribution >= 4 is 28.3 Å². The van der Waals surface area contributed by atoms with Crippen LogP contribution in [0, 0.1) is 13.8 Å². The average Bonchev–Trinajstić information content (AvgIpc) is 3.45. The first-order valence-electron chi connectivity index (χ1n) is 10.4. The van der Waals surface area contributed by atoms with E-state index >= 15 is 0 Å². The number of thiazole rings is 1. The number of benzene rings is 1. The van der Waals surface area contributed by atoms with Gasteiger partial charge in [-0.15, -0.1) is 11.3 Å². The van der Waals surface area contributed by atoms with Gasteiger partial charge in [0.05, 0.1) is 29.1 Å². The quantitative estimate of drug-likeness (QED) is 0.583. The molecule has 3 aromatic rings. The highest BCUT2D eigenvalue weighted by Gasteiger charge is 2.34. The van der Waals surface area contributed by atoms with Crippen molar-refractivity contribution in [2.75, 3.05) is 11.4 Å². The highest BCUT2D eigenvalue weighted by Crippen LogP contribution is 2.34. The lowest BCUT2D eigenvalue weighted by atomic mass is 10.1. The second kappa shape index (κ2) is 8.97. The largest absolute Gasteiger partial charge is 0.416 e. The van der Waals surface area contributed by atoms with E-state index in [1.54, 1.807) is 36.3 Å². The van der Waals surface area contributed by atoms with E-state index < -0.39 is 17.6 Å². The third-order valence-corrected chi connectivity index (χ3v) is 6.23. The van der Waals surface area contributed by atoms with Crippen LogP contribution in [0.1, 0.15) is 41.1 Å². The van der Waals surface area contributed by atoms with E-state index in [0.29, 0.717) is 35.2 Å². The van der Waals surface area contributed by atoms with Gasteiger partial charge in [0.25, 0.3) is 0 Å². The summed E-state index contributed by atoms with van der Waals surface area (Å²) in [5.41, 5.74) is 1.34. The number of amides is 2. The molecule has 1 fully saturated rings. The molecule has 1 aromatic carbocycles. The maximum Gasteiger partial charge on any atom is 0.416 e. The zero-order chi connectivity index (χ0) is 23.8. The molecule has 11 heteroatoms. The second-order valence-corrected chi connectivity index (χ2v) is 8.74. The fourth-order valence-electron chi connectivity index (χ4n) is 3.78. The molecule has 174 valence electrons. The Bertz CT molecular complexity index is 1200. The zero-order valence-electron chi connectivity index (χ0n) is 18.1. The summed E-state index contributed by atoms with van der Waals surface area (Å²) in [7, 11) is 0. The summed E-state index contributed by atoms with van der Waals surface area (Å²) < 4.78 is 42.6. The minimum Gasteiger partial charge on any atom is -0.352 e. The number of carbonyl (C=O) groups excluding carboxylic acids is 2. The van der Waals surface area contributed by atoms with Gasteiger partial charge in [0.2, 0.25) is 11.8 Å². The molecule has 7 nitrogen and oxygen atoms in total. The first-order valence-corrected chi connectivity index (χ1v) is 11.2. The Morgan fingerprint density at radius 3 is 2.67 bits per heavy atom. The minimum atomic E-state index is -4.59. The van der Waals surface area contributed by atoms with Gasteiger partial charge in [0.15, 0.2) is 5.13 Å². The predicted molar refractivity (Wildman–Crippen MR) is 117 cm³/mol. The number of halogens is 3. The molecule has 0 radical (unpaired) electrons. The molecule has 0 bridgehead atoms. The second-order valence-electron chi connectivity index (χ2n) is 7.90. The Balaban J connectivity index is 1.45. The van der Waals surface area contributed by atoms with E-state index in [1.165, 1.54) is 22.1 Å². The predicted octanol–water partition coefficient (Wildman–Crippen LogP) is 3.95. The van der Waals surface area contributed by atoms with Crippen molar-refractivity contribution in [2.45, 2.75) is 45.8 Å². The molecule has 0 spiro atoms. The Kier molecular flexibility index (Phi) is 6.24. The summed E-state index contributed by atoms with van der Waals surface area (Å²) in [5, 5.41) is 9.01. The monoisotopic (exact) mass is 477 g/mol. The van der Waals surface area contributed by atoms with Crippen molar-refractivity contribution in [3.05, 3.63) is 57.9 Å². The summed E-state index contributed by atoms with van der Waals surface area (Å²) in [5.74, 6) is -0.445. The number of aryl methyl sites for hydroxylation is 2. The number of alkyl halides is 3. The van der Waals surface area contributed by atoms with Crippen molar-refractivity contribution in [1.82, 2.24) is 20.1 Å². The molecular weight excluding hydrogens is 455 g/mol. The zero-order valence-corrected chi connectivity index (χ0v) is 18.9. The maximum absolute atomic E-state index is 13.7. The van der Waals surface area contributed by atoms with Crippen molar-refractivity contribution in [3.63, 3.8) is 0 Å². The number of hydrogen-bond donors (Lipinski definition) is 1. The summed E-state index contributed by atoms with van der Waals surface area (Å²) in [4.78, 5) is 30.1. The Labute approximate surface area is 192 Å². The standard InChI is InChI=1S/C22H22F3N5O2S/c1-13-8-14(2)30(28-13)17-6-5-15(18(10-17)22(23,24)25)11-26-19(31)9-16-12-33-21(27-16)29-7-3-4-20(29)32/h5-6,8,10,12H,3-4,7,9,11H2,1-2H3,(H,26,31). The number of nitrogens with zero attached hydrogens (tertiary/aromatic N) is 4. The van der Waals surface area contributed by atoms with E-state index in [-0.39, 0.29) is 24.4 Å². The highest BCUT2D eigenvalue weighted by atomic mass is 32.1. The van der Waals surface area contributed by atoms with E-state index in [2.05, 4.69) is 15.4 Å². The van der Waals surface area contributed by atoms with Gasteiger partial charge in [0, 0.05) is 30.6 Å². The third-order valence-electron chi connectivity index (χ3n) is 5.31. The summed E-state index contributed by atoms with van der Waals surface area (Å²) in [6, 6.07) is 5.73. The van der Waals surface area contributed by atoms with E-state index in [4.69, 9.17) is 0 Å². The van der Waals surface area contributed by atoms with Gasteiger partial charge in [-0.3, -0.25) is 14.5 Å². The molecular formula is C22H22F3N5O2S. The molecule has 0 saturated carbocycles. The number of aromatic nitrogens is 3. The molecule has 33 heavy (non-hydrogen) atoms. The Morgan fingerprint density at radius 2 is 2.03 bits per heavy atom. The lowest BCUT2D eigenvalue weighted by Crippen LogP contribution is -2.26. The van der Waals surface area contributed by atoms with Crippen LogP contribution in [0.3, 0.4) is 0 Å². The molecule has 4 rings (SSSR count). The van der Waals surface area contributed by atoms with Crippen LogP contribution in [-0.2, 0) is 28.7 Å². The molecule has 3 heterocycles. The van der Waals surface area contributed by atoms with E-state index in [0.717, 1.165) is 18.2 Å². The summed E-state index contributed by atoms with van der Waals surface area (Å²) in [6.07, 6.45) is -3.41. The molecule has 1 saturated heterocycles. The van der Waals surface area contributed by atoms with Gasteiger partial charge < -0.3 is 5.32 Å². The van der Waals surface area contributed by atoms with Gasteiger partial charge in [-0.1, -0.05) is 6.07 Å². The first-order chi connectivity index (χ1) is 15.6. The minimum absolute atomic E-state index is 0.00365. The number of nitrogens with one attached hydrogen (secondary N) is 1. The van der Waals surface area contributed by atoms with Gasteiger partial charge in [-0.2, -0.15) is 18.3 Å². The van der Waals surface area contributed by atoms with E-state index in [1.807, 2.05) is 0 Å². The molecule has 2 aromatic heterocycles. The first kappa shape index (κ1) is 23.0.